The van der Waals surface area contributed by atoms with Gasteiger partial charge in [0.05, 0.1) is 16.7 Å². The molecule has 0 bridgehead atoms. The molecule has 0 atom stereocenters. The highest BCUT2D eigenvalue weighted by Gasteiger charge is 2.04. The Morgan fingerprint density at radius 1 is 1.55 bits per heavy atom. The molecule has 0 amide bonds. The Morgan fingerprint density at radius 3 is 2.73 bits per heavy atom. The molecular weight excluding hydrogens is 225 g/mol. The molecule has 0 spiro atoms. The minimum absolute atomic E-state index is 0.615. The van der Waals surface area contributed by atoms with Gasteiger partial charge in [-0.3, -0.25) is 0 Å². The number of hydrogen-bond acceptors (Lipinski definition) is 1. The van der Waals surface area contributed by atoms with Crippen molar-refractivity contribution in [3.05, 3.63) is 32.8 Å². The van der Waals surface area contributed by atoms with Gasteiger partial charge in [0, 0.05) is 4.47 Å². The van der Waals surface area contributed by atoms with Gasteiger partial charge in [0.2, 0.25) is 0 Å². The first-order valence-electron chi connectivity index (χ1n) is 3.01. The third-order valence-electron chi connectivity index (χ3n) is 1.46. The first kappa shape index (κ1) is 8.58. The molecule has 3 heteroatoms. The van der Waals surface area contributed by atoms with Gasteiger partial charge in [-0.2, -0.15) is 5.26 Å². The predicted molar refractivity (Wildman–Crippen MR) is 48.6 cm³/mol. The summed E-state index contributed by atoms with van der Waals surface area (Å²) in [6.45, 7) is 1.83. The monoisotopic (exact) mass is 229 g/mol. The van der Waals surface area contributed by atoms with Gasteiger partial charge in [0.25, 0.3) is 0 Å². The summed E-state index contributed by atoms with van der Waals surface area (Å²) in [5.74, 6) is 0. The number of rotatable bonds is 0. The lowest BCUT2D eigenvalue weighted by Crippen LogP contribution is -1.83. The summed E-state index contributed by atoms with van der Waals surface area (Å²) in [5.41, 5.74) is 1.45. The van der Waals surface area contributed by atoms with Crippen molar-refractivity contribution in [1.29, 1.82) is 5.26 Å². The average molecular weight is 230 g/mol. The molecule has 0 aliphatic carbocycles. The highest BCUT2D eigenvalue weighted by atomic mass is 79.9. The number of benzene rings is 1. The van der Waals surface area contributed by atoms with Crippen LogP contribution in [0.25, 0.3) is 0 Å². The largest absolute Gasteiger partial charge is 0.192 e. The van der Waals surface area contributed by atoms with Crippen molar-refractivity contribution in [3.63, 3.8) is 0 Å². The fourth-order valence-corrected chi connectivity index (χ4v) is 1.37. The van der Waals surface area contributed by atoms with Crippen molar-refractivity contribution in [2.75, 3.05) is 0 Å². The third kappa shape index (κ3) is 1.55. The Balaban J connectivity index is 3.40. The van der Waals surface area contributed by atoms with Crippen molar-refractivity contribution in [3.8, 4) is 6.07 Å². The smallest absolute Gasteiger partial charge is 0.0994 e. The van der Waals surface area contributed by atoms with Crippen molar-refractivity contribution >= 4 is 27.5 Å². The molecule has 0 radical (unpaired) electrons. The van der Waals surface area contributed by atoms with Crippen LogP contribution < -0.4 is 0 Å². The van der Waals surface area contributed by atoms with E-state index in [2.05, 4.69) is 22.0 Å². The zero-order valence-corrected chi connectivity index (χ0v) is 8.20. The van der Waals surface area contributed by atoms with Gasteiger partial charge < -0.3 is 0 Å². The minimum Gasteiger partial charge on any atom is -0.192 e. The fraction of sp³-hybridized carbons (Fsp3) is 0.125. The quantitative estimate of drug-likeness (QED) is 0.671. The second-order valence-corrected chi connectivity index (χ2v) is 3.38. The lowest BCUT2D eigenvalue weighted by molar-refractivity contribution is 1.38. The Labute approximate surface area is 78.7 Å². The predicted octanol–water partition coefficient (Wildman–Crippen LogP) is 3.28. The average Bonchev–Trinajstić information content (AvgIpc) is 2.01. The van der Waals surface area contributed by atoms with E-state index in [1.807, 2.05) is 6.92 Å². The van der Waals surface area contributed by atoms with Gasteiger partial charge >= 0.3 is 0 Å². The molecule has 0 aromatic heterocycles. The minimum atomic E-state index is 0.615. The van der Waals surface area contributed by atoms with Gasteiger partial charge in [0.1, 0.15) is 0 Å². The van der Waals surface area contributed by atoms with E-state index in [4.69, 9.17) is 16.9 Å². The maximum atomic E-state index is 8.61. The number of nitrogens with zero attached hydrogens (tertiary/aromatic N) is 1. The van der Waals surface area contributed by atoms with E-state index in [0.29, 0.717) is 10.6 Å². The van der Waals surface area contributed by atoms with E-state index in [1.165, 1.54) is 0 Å². The van der Waals surface area contributed by atoms with Crippen LogP contribution in [0.4, 0.5) is 0 Å². The fourth-order valence-electron chi connectivity index (χ4n) is 0.773. The van der Waals surface area contributed by atoms with E-state index >= 15 is 0 Å². The highest BCUT2D eigenvalue weighted by Crippen LogP contribution is 2.27. The first-order valence-corrected chi connectivity index (χ1v) is 4.18. The molecule has 0 heterocycles. The summed E-state index contributed by atoms with van der Waals surface area (Å²) < 4.78 is 0.829. The molecule has 0 saturated carbocycles. The molecule has 1 aromatic carbocycles. The third-order valence-corrected chi connectivity index (χ3v) is 2.84. The molecule has 0 N–H and O–H groups in total. The van der Waals surface area contributed by atoms with E-state index < -0.39 is 0 Å². The Hall–Kier alpha value is -0.520. The standard InChI is InChI=1S/C8H5BrClN/c1-5-6(4-11)2-3-7(9)8(5)10/h2-3H,1H3. The summed E-state index contributed by atoms with van der Waals surface area (Å²) in [6.07, 6.45) is 0. The van der Waals surface area contributed by atoms with Crippen LogP contribution >= 0.6 is 27.5 Å². The summed E-state index contributed by atoms with van der Waals surface area (Å²) in [5, 5.41) is 9.22. The number of hydrogen-bond donors (Lipinski definition) is 0. The lowest BCUT2D eigenvalue weighted by atomic mass is 10.1. The molecular formula is C8H5BrClN. The molecule has 0 aliphatic heterocycles. The second-order valence-electron chi connectivity index (χ2n) is 2.15. The first-order chi connectivity index (χ1) is 5.16. The van der Waals surface area contributed by atoms with Crippen LogP contribution in [0.5, 0.6) is 0 Å². The van der Waals surface area contributed by atoms with Crippen LogP contribution in [-0.2, 0) is 0 Å². The van der Waals surface area contributed by atoms with Crippen molar-refractivity contribution < 1.29 is 0 Å². The van der Waals surface area contributed by atoms with Gasteiger partial charge in [0.15, 0.2) is 0 Å². The molecule has 1 rings (SSSR count). The van der Waals surface area contributed by atoms with Crippen LogP contribution in [0.1, 0.15) is 11.1 Å². The summed E-state index contributed by atoms with van der Waals surface area (Å²) in [4.78, 5) is 0. The normalized spacial score (nSPS) is 9.27. The second kappa shape index (κ2) is 3.25. The summed E-state index contributed by atoms with van der Waals surface area (Å²) in [6, 6.07) is 5.57. The number of halogens is 2. The van der Waals surface area contributed by atoms with Crippen molar-refractivity contribution in [1.82, 2.24) is 0 Å². The van der Waals surface area contributed by atoms with E-state index in [1.54, 1.807) is 12.1 Å². The zero-order valence-electron chi connectivity index (χ0n) is 5.86. The summed E-state index contributed by atoms with van der Waals surface area (Å²) >= 11 is 9.13. The molecule has 0 aliphatic rings. The van der Waals surface area contributed by atoms with Crippen LogP contribution in [0.2, 0.25) is 5.02 Å². The molecule has 1 nitrogen and oxygen atoms in total. The molecule has 0 fully saturated rings. The zero-order chi connectivity index (χ0) is 8.43. The lowest BCUT2D eigenvalue weighted by Gasteiger charge is -2.00. The van der Waals surface area contributed by atoms with Gasteiger partial charge in [-0.1, -0.05) is 11.6 Å². The van der Waals surface area contributed by atoms with Gasteiger partial charge in [-0.15, -0.1) is 0 Å². The summed E-state index contributed by atoms with van der Waals surface area (Å²) in [7, 11) is 0. The Morgan fingerprint density at radius 2 is 2.18 bits per heavy atom. The molecule has 11 heavy (non-hydrogen) atoms. The van der Waals surface area contributed by atoms with Crippen LogP contribution in [0, 0.1) is 18.3 Å². The Bertz CT molecular complexity index is 328. The van der Waals surface area contributed by atoms with Gasteiger partial charge in [-0.05, 0) is 40.5 Å². The SMILES string of the molecule is Cc1c(C#N)ccc(Br)c1Cl. The highest BCUT2D eigenvalue weighted by molar-refractivity contribution is 9.10. The molecule has 0 unspecified atom stereocenters. The number of nitriles is 1. The maximum absolute atomic E-state index is 8.61. The van der Waals surface area contributed by atoms with Crippen LogP contribution in [-0.4, -0.2) is 0 Å². The topological polar surface area (TPSA) is 23.8 Å². The van der Waals surface area contributed by atoms with Crippen LogP contribution in [0.15, 0.2) is 16.6 Å². The van der Waals surface area contributed by atoms with Gasteiger partial charge in [-0.25, -0.2) is 0 Å². The van der Waals surface area contributed by atoms with E-state index in [-0.39, 0.29) is 0 Å². The van der Waals surface area contributed by atoms with Crippen molar-refractivity contribution in [2.24, 2.45) is 0 Å². The maximum Gasteiger partial charge on any atom is 0.0994 e. The molecule has 56 valence electrons. The molecule has 1 aromatic rings. The van der Waals surface area contributed by atoms with E-state index in [9.17, 15) is 0 Å². The molecule has 0 saturated heterocycles. The van der Waals surface area contributed by atoms with Crippen LogP contribution in [0.3, 0.4) is 0 Å². The Kier molecular flexibility index (Phi) is 2.53. The van der Waals surface area contributed by atoms with E-state index in [0.717, 1.165) is 10.0 Å². The van der Waals surface area contributed by atoms with Crippen molar-refractivity contribution in [2.45, 2.75) is 6.92 Å².